The number of carbonyl (C=O) groups excluding carboxylic acids is 1. The average Bonchev–Trinajstić information content (AvgIpc) is 3.04. The Morgan fingerprint density at radius 2 is 2.13 bits per heavy atom. The van der Waals surface area contributed by atoms with Gasteiger partial charge in [0.2, 0.25) is 5.91 Å². The van der Waals surface area contributed by atoms with Crippen molar-refractivity contribution in [3.63, 3.8) is 0 Å². The summed E-state index contributed by atoms with van der Waals surface area (Å²) >= 11 is 0. The molecule has 0 aliphatic heterocycles. The van der Waals surface area contributed by atoms with Gasteiger partial charge >= 0.3 is 0 Å². The molecule has 31 heavy (non-hydrogen) atoms. The van der Waals surface area contributed by atoms with E-state index in [1.807, 2.05) is 19.9 Å². The summed E-state index contributed by atoms with van der Waals surface area (Å²) in [5.74, 6) is -1.40. The summed E-state index contributed by atoms with van der Waals surface area (Å²) in [7, 11) is 0. The van der Waals surface area contributed by atoms with Crippen LogP contribution < -0.4 is 0 Å². The number of hydrogen-bond acceptors (Lipinski definition) is 4. The molecule has 5 heteroatoms. The molecule has 0 aromatic heterocycles. The number of aliphatic hydroxyl groups excluding tert-OH is 1. The van der Waals surface area contributed by atoms with Gasteiger partial charge in [0, 0.05) is 19.8 Å². The fraction of sp³-hybridized carbons (Fsp3) is 0.654. The van der Waals surface area contributed by atoms with E-state index in [4.69, 9.17) is 4.84 Å². The first-order chi connectivity index (χ1) is 14.5. The number of fused-ring (bicyclic) bond motifs is 1. The lowest BCUT2D eigenvalue weighted by molar-refractivity contribution is -0.333. The van der Waals surface area contributed by atoms with Crippen molar-refractivity contribution in [2.45, 2.75) is 97.5 Å². The predicted molar refractivity (Wildman–Crippen MR) is 123 cm³/mol. The van der Waals surface area contributed by atoms with Crippen LogP contribution in [0.4, 0.5) is 0 Å². The number of amides is 1. The summed E-state index contributed by atoms with van der Waals surface area (Å²) in [6.07, 6.45) is 11.6. The van der Waals surface area contributed by atoms with Crippen molar-refractivity contribution in [2.75, 3.05) is 0 Å². The molecule has 2 fully saturated rings. The molecule has 0 saturated heterocycles. The number of hydroxylamine groups is 2. The van der Waals surface area contributed by atoms with Gasteiger partial charge in [-0.1, -0.05) is 49.8 Å². The second-order valence-electron chi connectivity index (χ2n) is 9.97. The van der Waals surface area contributed by atoms with Crippen molar-refractivity contribution >= 4 is 5.91 Å². The third kappa shape index (κ3) is 4.74. The Hall–Kier alpha value is -1.69. The second-order valence-corrected chi connectivity index (χ2v) is 9.97. The van der Waals surface area contributed by atoms with E-state index < -0.39 is 11.9 Å². The quantitative estimate of drug-likeness (QED) is 0.368. The van der Waals surface area contributed by atoms with Gasteiger partial charge in [-0.15, -0.1) is 0 Å². The van der Waals surface area contributed by atoms with Crippen LogP contribution in [0, 0.1) is 11.3 Å². The fourth-order valence-corrected chi connectivity index (χ4v) is 5.74. The van der Waals surface area contributed by atoms with Gasteiger partial charge in [0.15, 0.2) is 5.79 Å². The van der Waals surface area contributed by atoms with Crippen LogP contribution in [0.2, 0.25) is 0 Å². The Morgan fingerprint density at radius 1 is 1.42 bits per heavy atom. The molecule has 0 radical (unpaired) electrons. The lowest BCUT2D eigenvalue weighted by Crippen LogP contribution is -2.49. The molecule has 0 aromatic rings. The molecule has 0 spiro atoms. The Kier molecular flexibility index (Phi) is 6.99. The normalized spacial score (nSPS) is 36.1. The molecule has 0 bridgehead atoms. The van der Waals surface area contributed by atoms with Crippen molar-refractivity contribution in [2.24, 2.45) is 11.3 Å². The Balaban J connectivity index is 1.84. The highest BCUT2D eigenvalue weighted by molar-refractivity contribution is 5.72. The van der Waals surface area contributed by atoms with Crippen LogP contribution in [0.15, 0.2) is 47.1 Å². The summed E-state index contributed by atoms with van der Waals surface area (Å²) in [6, 6.07) is -0.221. The van der Waals surface area contributed by atoms with Crippen molar-refractivity contribution in [1.82, 2.24) is 5.06 Å². The Bertz CT molecular complexity index is 823. The monoisotopic (exact) mass is 429 g/mol. The SMILES string of the molecule is C=C1C(=CC=C2CCC[C@]3(C)C(CC)=CC[C@@H]23)C[C@](O)(ON(C(C)=O)C(C)C)C[C@@H]1O. The molecule has 172 valence electrons. The highest BCUT2D eigenvalue weighted by Gasteiger charge is 2.44. The molecular weight excluding hydrogens is 390 g/mol. The minimum absolute atomic E-state index is 0.0132. The standard InChI is InChI=1S/C26H39NO4/c1-7-22-12-13-23-20(9-8-14-25(22,23)6)10-11-21-15-26(30,16-24(29)18(21)4)31-27(17(2)3)19(5)28/h10-12,17,23-24,29-30H,4,7-9,13-16H2,1-3,5-6H3/t23-,24-,25+,26-/m0/s1. The number of hydrogen-bond donors (Lipinski definition) is 2. The van der Waals surface area contributed by atoms with Crippen LogP contribution in [0.25, 0.3) is 0 Å². The van der Waals surface area contributed by atoms with Crippen LogP contribution in [-0.4, -0.2) is 39.1 Å². The zero-order chi connectivity index (χ0) is 23.0. The fourth-order valence-electron chi connectivity index (χ4n) is 5.74. The Morgan fingerprint density at radius 3 is 2.74 bits per heavy atom. The molecule has 2 saturated carbocycles. The first kappa shape index (κ1) is 24.0. The van der Waals surface area contributed by atoms with Crippen molar-refractivity contribution in [1.29, 1.82) is 0 Å². The predicted octanol–water partition coefficient (Wildman–Crippen LogP) is 4.97. The van der Waals surface area contributed by atoms with E-state index >= 15 is 0 Å². The van der Waals surface area contributed by atoms with E-state index in [0.29, 0.717) is 11.5 Å². The second kappa shape index (κ2) is 9.05. The van der Waals surface area contributed by atoms with Gasteiger partial charge in [-0.2, -0.15) is 0 Å². The van der Waals surface area contributed by atoms with E-state index in [0.717, 1.165) is 24.8 Å². The maximum atomic E-state index is 11.9. The summed E-state index contributed by atoms with van der Waals surface area (Å²) in [4.78, 5) is 17.7. The van der Waals surface area contributed by atoms with Crippen LogP contribution in [-0.2, 0) is 9.63 Å². The van der Waals surface area contributed by atoms with E-state index in [1.165, 1.54) is 30.4 Å². The van der Waals surface area contributed by atoms with Crippen molar-refractivity contribution in [3.8, 4) is 0 Å². The van der Waals surface area contributed by atoms with E-state index in [1.54, 1.807) is 5.57 Å². The number of aliphatic hydroxyl groups is 2. The highest BCUT2D eigenvalue weighted by Crippen LogP contribution is 2.55. The summed E-state index contributed by atoms with van der Waals surface area (Å²) in [5.41, 5.74) is 4.65. The molecule has 5 nitrogen and oxygen atoms in total. The molecule has 0 aromatic carbocycles. The van der Waals surface area contributed by atoms with Crippen LogP contribution >= 0.6 is 0 Å². The summed E-state index contributed by atoms with van der Waals surface area (Å²) in [5, 5.41) is 22.8. The largest absolute Gasteiger partial charge is 0.388 e. The lowest BCUT2D eigenvalue weighted by atomic mass is 9.64. The zero-order valence-corrected chi connectivity index (χ0v) is 19.8. The molecule has 0 unspecified atom stereocenters. The maximum absolute atomic E-state index is 11.9. The average molecular weight is 430 g/mol. The zero-order valence-electron chi connectivity index (χ0n) is 19.8. The van der Waals surface area contributed by atoms with Gasteiger partial charge in [0.1, 0.15) is 0 Å². The highest BCUT2D eigenvalue weighted by atomic mass is 16.8. The number of carbonyl (C=O) groups is 1. The summed E-state index contributed by atoms with van der Waals surface area (Å²) < 4.78 is 0. The minimum atomic E-state index is -1.65. The first-order valence-corrected chi connectivity index (χ1v) is 11.7. The van der Waals surface area contributed by atoms with Gasteiger partial charge in [-0.3, -0.25) is 4.79 Å². The molecule has 2 N–H and O–H groups in total. The first-order valence-electron chi connectivity index (χ1n) is 11.7. The van der Waals surface area contributed by atoms with Crippen molar-refractivity contribution in [3.05, 3.63) is 47.1 Å². The maximum Gasteiger partial charge on any atom is 0.243 e. The van der Waals surface area contributed by atoms with E-state index in [9.17, 15) is 15.0 Å². The van der Waals surface area contributed by atoms with Crippen molar-refractivity contribution < 1.29 is 19.8 Å². The lowest BCUT2D eigenvalue weighted by Gasteiger charge is -2.41. The van der Waals surface area contributed by atoms with Gasteiger partial charge in [-0.25, -0.2) is 9.90 Å². The number of nitrogens with zero attached hydrogens (tertiary/aromatic N) is 1. The molecular formula is C26H39NO4. The van der Waals surface area contributed by atoms with Gasteiger partial charge in [0.05, 0.1) is 12.1 Å². The molecule has 3 aliphatic rings. The van der Waals surface area contributed by atoms with E-state index in [2.05, 4.69) is 32.6 Å². The third-order valence-electron chi connectivity index (χ3n) is 7.43. The van der Waals surface area contributed by atoms with Gasteiger partial charge < -0.3 is 10.2 Å². The third-order valence-corrected chi connectivity index (χ3v) is 7.43. The smallest absolute Gasteiger partial charge is 0.243 e. The number of allylic oxidation sites excluding steroid dienone is 5. The van der Waals surface area contributed by atoms with Gasteiger partial charge in [0.25, 0.3) is 0 Å². The molecule has 3 aliphatic carbocycles. The van der Waals surface area contributed by atoms with Crippen LogP contribution in [0.3, 0.4) is 0 Å². The number of rotatable bonds is 5. The Labute approximate surface area is 187 Å². The molecule has 4 atom stereocenters. The summed E-state index contributed by atoms with van der Waals surface area (Å²) in [6.45, 7) is 13.8. The minimum Gasteiger partial charge on any atom is -0.388 e. The van der Waals surface area contributed by atoms with Gasteiger partial charge in [-0.05, 0) is 68.4 Å². The molecule has 1 amide bonds. The van der Waals surface area contributed by atoms with Crippen LogP contribution in [0.1, 0.15) is 79.6 Å². The van der Waals surface area contributed by atoms with E-state index in [-0.39, 0.29) is 30.2 Å². The van der Waals surface area contributed by atoms with Crippen LogP contribution in [0.5, 0.6) is 0 Å². The molecule has 0 heterocycles. The molecule has 3 rings (SSSR count). The topological polar surface area (TPSA) is 70.0 Å².